The fraction of sp³-hybridized carbons (Fsp3) is 0.833. The molecule has 0 bridgehead atoms. The number of hydrogen-bond acceptors (Lipinski definition) is 3. The van der Waals surface area contributed by atoms with Gasteiger partial charge in [0.15, 0.2) is 0 Å². The van der Waals surface area contributed by atoms with Gasteiger partial charge >= 0.3 is 6.09 Å². The number of carboxylic acid groups (broad SMARTS) is 1. The van der Waals surface area contributed by atoms with E-state index >= 15 is 0 Å². The van der Waals surface area contributed by atoms with Crippen molar-refractivity contribution in [3.05, 3.63) is 0 Å². The van der Waals surface area contributed by atoms with Gasteiger partial charge in [-0.3, -0.25) is 4.79 Å². The summed E-state index contributed by atoms with van der Waals surface area (Å²) < 4.78 is 5.14. The van der Waals surface area contributed by atoms with E-state index in [9.17, 15) is 4.79 Å². The maximum Gasteiger partial charge on any atom is 0.407 e. The van der Waals surface area contributed by atoms with Crippen molar-refractivity contribution in [3.8, 4) is 0 Å². The molecule has 0 saturated carbocycles. The highest BCUT2D eigenvalue weighted by molar-refractivity contribution is 5.67. The van der Waals surface area contributed by atoms with Crippen molar-refractivity contribution in [1.82, 2.24) is 5.32 Å². The number of carbonyl (C=O) groups is 2. The summed E-state index contributed by atoms with van der Waals surface area (Å²) in [4.78, 5) is 19.7. The molecular formula is C12H25NO4. The summed E-state index contributed by atoms with van der Waals surface area (Å²) in [6, 6.07) is 0.171. The first-order chi connectivity index (χ1) is 7.62. The maximum atomic E-state index is 11.3. The molecule has 0 spiro atoms. The van der Waals surface area contributed by atoms with Crippen molar-refractivity contribution in [2.75, 3.05) is 0 Å². The van der Waals surface area contributed by atoms with E-state index in [0.29, 0.717) is 5.92 Å². The molecule has 5 heteroatoms. The Kier molecular flexibility index (Phi) is 9.42. The van der Waals surface area contributed by atoms with Gasteiger partial charge in [0.1, 0.15) is 5.60 Å². The summed E-state index contributed by atoms with van der Waals surface area (Å²) in [5, 5.41) is 9.70. The van der Waals surface area contributed by atoms with Crippen LogP contribution in [0.15, 0.2) is 0 Å². The molecule has 102 valence electrons. The van der Waals surface area contributed by atoms with E-state index < -0.39 is 5.60 Å². The van der Waals surface area contributed by atoms with Crippen LogP contribution in [-0.2, 0) is 9.53 Å². The van der Waals surface area contributed by atoms with Crippen molar-refractivity contribution in [1.29, 1.82) is 0 Å². The van der Waals surface area contributed by atoms with Crippen molar-refractivity contribution < 1.29 is 19.4 Å². The fourth-order valence-corrected chi connectivity index (χ4v) is 1.27. The van der Waals surface area contributed by atoms with E-state index in [1.54, 1.807) is 0 Å². The van der Waals surface area contributed by atoms with E-state index in [0.717, 1.165) is 6.42 Å². The largest absolute Gasteiger partial charge is 0.483 e. The first kappa shape index (κ1) is 18.1. The molecule has 1 atom stereocenters. The predicted molar refractivity (Wildman–Crippen MR) is 67.0 cm³/mol. The van der Waals surface area contributed by atoms with Gasteiger partial charge in [-0.2, -0.15) is 0 Å². The number of hydrogen-bond donors (Lipinski definition) is 2. The highest BCUT2D eigenvalue weighted by Crippen LogP contribution is 2.08. The van der Waals surface area contributed by atoms with E-state index in [1.807, 2.05) is 27.7 Å². The Morgan fingerprint density at radius 3 is 2.06 bits per heavy atom. The lowest BCUT2D eigenvalue weighted by molar-refractivity contribution is -0.122. The molecule has 17 heavy (non-hydrogen) atoms. The van der Waals surface area contributed by atoms with Gasteiger partial charge in [0, 0.05) is 6.04 Å². The third-order valence-corrected chi connectivity index (χ3v) is 1.59. The normalized spacial score (nSPS) is 12.2. The zero-order valence-corrected chi connectivity index (χ0v) is 11.6. The molecule has 0 aromatic carbocycles. The molecule has 2 N–H and O–H groups in total. The van der Waals surface area contributed by atoms with Crippen LogP contribution in [0, 0.1) is 5.92 Å². The van der Waals surface area contributed by atoms with E-state index in [1.165, 1.54) is 0 Å². The monoisotopic (exact) mass is 247 g/mol. The lowest BCUT2D eigenvalue weighted by Crippen LogP contribution is -2.38. The van der Waals surface area contributed by atoms with Crippen LogP contribution in [0.5, 0.6) is 0 Å². The van der Waals surface area contributed by atoms with E-state index in [2.05, 4.69) is 19.2 Å². The van der Waals surface area contributed by atoms with Crippen LogP contribution in [0.1, 0.15) is 48.0 Å². The number of nitrogens with one attached hydrogen (secondary N) is 1. The summed E-state index contributed by atoms with van der Waals surface area (Å²) in [5.41, 5.74) is -0.415. The second kappa shape index (κ2) is 8.84. The molecule has 1 unspecified atom stereocenters. The first-order valence-electron chi connectivity index (χ1n) is 5.69. The Bertz CT molecular complexity index is 221. The van der Waals surface area contributed by atoms with Crippen molar-refractivity contribution in [3.63, 3.8) is 0 Å². The molecule has 0 fully saturated rings. The van der Waals surface area contributed by atoms with Crippen molar-refractivity contribution in [2.45, 2.75) is 59.6 Å². The van der Waals surface area contributed by atoms with E-state index in [-0.39, 0.29) is 18.6 Å². The molecule has 0 aromatic rings. The van der Waals surface area contributed by atoms with Crippen LogP contribution in [0.4, 0.5) is 4.79 Å². The summed E-state index contributed by atoms with van der Waals surface area (Å²) in [6.45, 7) is 11.6. The van der Waals surface area contributed by atoms with Gasteiger partial charge in [-0.05, 0) is 40.0 Å². The van der Waals surface area contributed by atoms with Crippen LogP contribution < -0.4 is 5.32 Å². The lowest BCUT2D eigenvalue weighted by Gasteiger charge is -2.22. The lowest BCUT2D eigenvalue weighted by atomic mass is 10.1. The topological polar surface area (TPSA) is 75.6 Å². The molecule has 0 rings (SSSR count). The zero-order chi connectivity index (χ0) is 14.1. The third kappa shape index (κ3) is 17.4. The average molecular weight is 247 g/mol. The number of amides is 1. The molecule has 0 aliphatic carbocycles. The molecule has 1 amide bonds. The molecule has 0 saturated heterocycles. The summed E-state index contributed by atoms with van der Waals surface area (Å²) in [6.07, 6.45) is 0.643. The summed E-state index contributed by atoms with van der Waals surface area (Å²) in [7, 11) is 0. The van der Waals surface area contributed by atoms with E-state index in [4.69, 9.17) is 14.6 Å². The minimum Gasteiger partial charge on any atom is -0.483 e. The van der Waals surface area contributed by atoms with Gasteiger partial charge < -0.3 is 15.2 Å². The summed E-state index contributed by atoms with van der Waals surface area (Å²) in [5.74, 6) is 0.583. The first-order valence-corrected chi connectivity index (χ1v) is 5.69. The number of ether oxygens (including phenoxy) is 1. The standard InChI is InChI=1S/C11H23NO2.CH2O2/c1-8(2)7-9(3)12-10(13)14-11(4,5)6;2-1-3/h8-9H,7H2,1-6H3,(H,12,13);1H,(H,2,3). The predicted octanol–water partition coefficient (Wildman–Crippen LogP) is 2.65. The van der Waals surface area contributed by atoms with Crippen LogP contribution in [0.3, 0.4) is 0 Å². The average Bonchev–Trinajstić information content (AvgIpc) is 1.97. The van der Waals surface area contributed by atoms with Gasteiger partial charge in [-0.1, -0.05) is 13.8 Å². The second-order valence-electron chi connectivity index (χ2n) is 5.28. The Morgan fingerprint density at radius 1 is 1.35 bits per heavy atom. The molecule has 0 aliphatic rings. The summed E-state index contributed by atoms with van der Waals surface area (Å²) >= 11 is 0. The molecule has 5 nitrogen and oxygen atoms in total. The quantitative estimate of drug-likeness (QED) is 0.752. The van der Waals surface area contributed by atoms with Crippen molar-refractivity contribution in [2.24, 2.45) is 5.92 Å². The van der Waals surface area contributed by atoms with Gasteiger partial charge in [-0.25, -0.2) is 4.79 Å². The molecular weight excluding hydrogens is 222 g/mol. The zero-order valence-electron chi connectivity index (χ0n) is 11.6. The number of alkyl carbamates (subject to hydrolysis) is 1. The maximum absolute atomic E-state index is 11.3. The minimum absolute atomic E-state index is 0.171. The van der Waals surface area contributed by atoms with Crippen LogP contribution in [-0.4, -0.2) is 29.3 Å². The Labute approximate surface area is 104 Å². The van der Waals surface area contributed by atoms with Crippen LogP contribution in [0.25, 0.3) is 0 Å². The Hall–Kier alpha value is -1.26. The van der Waals surface area contributed by atoms with Crippen LogP contribution >= 0.6 is 0 Å². The second-order valence-corrected chi connectivity index (χ2v) is 5.28. The van der Waals surface area contributed by atoms with Crippen molar-refractivity contribution >= 4 is 12.6 Å². The van der Waals surface area contributed by atoms with Crippen LogP contribution in [0.2, 0.25) is 0 Å². The third-order valence-electron chi connectivity index (χ3n) is 1.59. The Balaban J connectivity index is 0. The molecule has 0 radical (unpaired) electrons. The number of rotatable bonds is 3. The van der Waals surface area contributed by atoms with Gasteiger partial charge in [-0.15, -0.1) is 0 Å². The van der Waals surface area contributed by atoms with Gasteiger partial charge in [0.2, 0.25) is 0 Å². The smallest absolute Gasteiger partial charge is 0.407 e. The number of carbonyl (C=O) groups excluding carboxylic acids is 1. The fourth-order valence-electron chi connectivity index (χ4n) is 1.27. The molecule has 0 aliphatic heterocycles. The highest BCUT2D eigenvalue weighted by atomic mass is 16.6. The molecule has 0 heterocycles. The van der Waals surface area contributed by atoms with Gasteiger partial charge in [0.05, 0.1) is 0 Å². The van der Waals surface area contributed by atoms with Gasteiger partial charge in [0.25, 0.3) is 6.47 Å². The Morgan fingerprint density at radius 2 is 1.76 bits per heavy atom. The SMILES string of the molecule is CC(C)CC(C)NC(=O)OC(C)(C)C.O=CO. The highest BCUT2D eigenvalue weighted by Gasteiger charge is 2.17. The minimum atomic E-state index is -0.415. The molecule has 0 aromatic heterocycles.